The number of aromatic nitrogens is 1. The van der Waals surface area contributed by atoms with Gasteiger partial charge in [0.05, 0.1) is 17.8 Å². The molecular formula is C16H17ClN2O2. The number of ether oxygens (including phenoxy) is 1. The highest BCUT2D eigenvalue weighted by Crippen LogP contribution is 2.38. The van der Waals surface area contributed by atoms with Crippen LogP contribution in [0.5, 0.6) is 5.75 Å². The lowest BCUT2D eigenvalue weighted by Crippen LogP contribution is -2.25. The van der Waals surface area contributed by atoms with Crippen LogP contribution in [0, 0.1) is 0 Å². The maximum atomic E-state index is 12.5. The van der Waals surface area contributed by atoms with Gasteiger partial charge in [-0.15, -0.1) is 0 Å². The maximum absolute atomic E-state index is 12.5. The van der Waals surface area contributed by atoms with E-state index in [2.05, 4.69) is 0 Å². The van der Waals surface area contributed by atoms with E-state index in [1.807, 2.05) is 28.8 Å². The van der Waals surface area contributed by atoms with Crippen molar-refractivity contribution in [2.45, 2.75) is 25.4 Å². The summed E-state index contributed by atoms with van der Waals surface area (Å²) in [6, 6.07) is 9.58. The molecule has 2 N–H and O–H groups in total. The summed E-state index contributed by atoms with van der Waals surface area (Å²) in [6.45, 7) is 0.259. The van der Waals surface area contributed by atoms with E-state index in [9.17, 15) is 4.79 Å². The molecule has 110 valence electrons. The summed E-state index contributed by atoms with van der Waals surface area (Å²) in [5.74, 6) is 0.624. The standard InChI is InChI=1S/C16H17ClN2O2/c1-21-15-7-3-10(8-13(15)17)14-6-2-11(9-18)16(20)19(14)12-4-5-12/h2-3,6-8,12H,4-5,9,18H2,1H3. The van der Waals surface area contributed by atoms with Crippen molar-refractivity contribution in [3.05, 3.63) is 51.3 Å². The predicted molar refractivity (Wildman–Crippen MR) is 83.9 cm³/mol. The van der Waals surface area contributed by atoms with E-state index in [0.717, 1.165) is 24.1 Å². The molecule has 0 atom stereocenters. The van der Waals surface area contributed by atoms with Gasteiger partial charge < -0.3 is 15.0 Å². The Labute approximate surface area is 128 Å². The first kappa shape index (κ1) is 14.2. The Morgan fingerprint density at radius 2 is 2.10 bits per heavy atom. The number of halogens is 1. The summed E-state index contributed by atoms with van der Waals surface area (Å²) in [5, 5.41) is 0.535. The molecule has 0 spiro atoms. The molecule has 1 heterocycles. The number of hydrogen-bond donors (Lipinski definition) is 1. The van der Waals surface area contributed by atoms with Crippen LogP contribution in [0.3, 0.4) is 0 Å². The van der Waals surface area contributed by atoms with Gasteiger partial charge in [0.1, 0.15) is 5.75 Å². The zero-order valence-electron chi connectivity index (χ0n) is 11.8. The van der Waals surface area contributed by atoms with E-state index < -0.39 is 0 Å². The lowest BCUT2D eigenvalue weighted by Gasteiger charge is -2.14. The van der Waals surface area contributed by atoms with Crippen LogP contribution < -0.4 is 16.0 Å². The summed E-state index contributed by atoms with van der Waals surface area (Å²) in [4.78, 5) is 12.5. The van der Waals surface area contributed by atoms with Gasteiger partial charge in [-0.2, -0.15) is 0 Å². The van der Waals surface area contributed by atoms with E-state index in [0.29, 0.717) is 16.3 Å². The minimum atomic E-state index is 0.00411. The van der Waals surface area contributed by atoms with Crippen molar-refractivity contribution in [3.63, 3.8) is 0 Å². The van der Waals surface area contributed by atoms with Gasteiger partial charge in [-0.3, -0.25) is 4.79 Å². The quantitative estimate of drug-likeness (QED) is 0.944. The van der Waals surface area contributed by atoms with Crippen LogP contribution in [0.1, 0.15) is 24.4 Å². The molecule has 1 aliphatic carbocycles. The number of rotatable bonds is 4. The summed E-state index contributed by atoms with van der Waals surface area (Å²) in [5.41, 5.74) is 8.08. The zero-order valence-corrected chi connectivity index (χ0v) is 12.6. The Balaban J connectivity index is 2.16. The van der Waals surface area contributed by atoms with E-state index >= 15 is 0 Å². The summed E-state index contributed by atoms with van der Waals surface area (Å²) < 4.78 is 7.02. The minimum Gasteiger partial charge on any atom is -0.495 e. The Hall–Kier alpha value is -1.78. The molecule has 1 fully saturated rings. The lowest BCUT2D eigenvalue weighted by molar-refractivity contribution is 0.415. The third kappa shape index (κ3) is 2.57. The Morgan fingerprint density at radius 3 is 2.67 bits per heavy atom. The maximum Gasteiger partial charge on any atom is 0.255 e. The molecule has 0 bridgehead atoms. The monoisotopic (exact) mass is 304 g/mol. The SMILES string of the molecule is COc1ccc(-c2ccc(CN)c(=O)n2C2CC2)cc1Cl. The second-order valence-electron chi connectivity index (χ2n) is 5.20. The van der Waals surface area contributed by atoms with E-state index in [1.165, 1.54) is 0 Å². The average molecular weight is 305 g/mol. The summed E-state index contributed by atoms with van der Waals surface area (Å²) >= 11 is 6.19. The fourth-order valence-corrected chi connectivity index (χ4v) is 2.76. The molecule has 2 aromatic rings. The largest absolute Gasteiger partial charge is 0.495 e. The number of nitrogens with zero attached hydrogens (tertiary/aromatic N) is 1. The van der Waals surface area contributed by atoms with Gasteiger partial charge >= 0.3 is 0 Å². The van der Waals surface area contributed by atoms with E-state index in [4.69, 9.17) is 22.1 Å². The number of pyridine rings is 1. The topological polar surface area (TPSA) is 57.2 Å². The molecule has 21 heavy (non-hydrogen) atoms. The molecular weight excluding hydrogens is 288 g/mol. The third-order valence-electron chi connectivity index (χ3n) is 3.77. The summed E-state index contributed by atoms with van der Waals surface area (Å²) in [7, 11) is 1.58. The van der Waals surface area contributed by atoms with E-state index in [-0.39, 0.29) is 18.1 Å². The van der Waals surface area contributed by atoms with Crippen molar-refractivity contribution in [2.75, 3.05) is 7.11 Å². The van der Waals surface area contributed by atoms with Crippen molar-refractivity contribution in [2.24, 2.45) is 5.73 Å². The molecule has 0 aliphatic heterocycles. The average Bonchev–Trinajstić information content (AvgIpc) is 3.31. The second kappa shape index (κ2) is 5.54. The van der Waals surface area contributed by atoms with Crippen LogP contribution >= 0.6 is 11.6 Å². The van der Waals surface area contributed by atoms with Crippen molar-refractivity contribution < 1.29 is 4.74 Å². The molecule has 0 amide bonds. The van der Waals surface area contributed by atoms with Crippen molar-refractivity contribution >= 4 is 11.6 Å². The van der Waals surface area contributed by atoms with Crippen molar-refractivity contribution in [3.8, 4) is 17.0 Å². The molecule has 1 saturated carbocycles. The van der Waals surface area contributed by atoms with Gasteiger partial charge in [-0.05, 0) is 42.7 Å². The zero-order chi connectivity index (χ0) is 15.0. The molecule has 1 aliphatic rings. The highest BCUT2D eigenvalue weighted by Gasteiger charge is 2.27. The fraction of sp³-hybridized carbons (Fsp3) is 0.312. The molecule has 1 aromatic heterocycles. The van der Waals surface area contributed by atoms with Gasteiger partial charge in [0.15, 0.2) is 0 Å². The van der Waals surface area contributed by atoms with Crippen LogP contribution in [-0.2, 0) is 6.54 Å². The van der Waals surface area contributed by atoms with Crippen LogP contribution in [0.25, 0.3) is 11.3 Å². The molecule has 0 saturated heterocycles. The highest BCUT2D eigenvalue weighted by molar-refractivity contribution is 6.32. The molecule has 1 aromatic carbocycles. The molecule has 5 heteroatoms. The summed E-state index contributed by atoms with van der Waals surface area (Å²) in [6.07, 6.45) is 2.07. The first-order chi connectivity index (χ1) is 10.2. The normalized spacial score (nSPS) is 14.2. The van der Waals surface area contributed by atoms with Gasteiger partial charge in [-0.25, -0.2) is 0 Å². The van der Waals surface area contributed by atoms with E-state index in [1.54, 1.807) is 13.2 Å². The molecule has 3 rings (SSSR count). The lowest BCUT2D eigenvalue weighted by atomic mass is 10.1. The van der Waals surface area contributed by atoms with Crippen molar-refractivity contribution in [1.29, 1.82) is 0 Å². The van der Waals surface area contributed by atoms with Gasteiger partial charge in [0.2, 0.25) is 0 Å². The number of hydrogen-bond acceptors (Lipinski definition) is 3. The molecule has 0 radical (unpaired) electrons. The minimum absolute atomic E-state index is 0.00411. The van der Waals surface area contributed by atoms with Gasteiger partial charge in [0, 0.05) is 18.2 Å². The third-order valence-corrected chi connectivity index (χ3v) is 4.07. The van der Waals surface area contributed by atoms with Crippen LogP contribution in [0.15, 0.2) is 35.1 Å². The first-order valence-electron chi connectivity index (χ1n) is 6.94. The van der Waals surface area contributed by atoms with Crippen molar-refractivity contribution in [1.82, 2.24) is 4.57 Å². The number of benzene rings is 1. The van der Waals surface area contributed by atoms with Crippen LogP contribution in [0.2, 0.25) is 5.02 Å². The smallest absolute Gasteiger partial charge is 0.255 e. The Bertz CT molecular complexity index is 736. The number of methoxy groups -OCH3 is 1. The Kier molecular flexibility index (Phi) is 3.74. The fourth-order valence-electron chi connectivity index (χ4n) is 2.51. The highest BCUT2D eigenvalue weighted by atomic mass is 35.5. The van der Waals surface area contributed by atoms with Crippen LogP contribution in [0.4, 0.5) is 0 Å². The predicted octanol–water partition coefficient (Wildman–Crippen LogP) is 2.97. The molecule has 4 nitrogen and oxygen atoms in total. The van der Waals surface area contributed by atoms with Crippen LogP contribution in [-0.4, -0.2) is 11.7 Å². The molecule has 0 unspecified atom stereocenters. The van der Waals surface area contributed by atoms with Gasteiger partial charge in [-0.1, -0.05) is 17.7 Å². The first-order valence-corrected chi connectivity index (χ1v) is 7.32. The second-order valence-corrected chi connectivity index (χ2v) is 5.61. The Morgan fingerprint density at radius 1 is 1.33 bits per heavy atom. The number of nitrogens with two attached hydrogens (primary N) is 1. The van der Waals surface area contributed by atoms with Gasteiger partial charge in [0.25, 0.3) is 5.56 Å².